The van der Waals surface area contributed by atoms with E-state index in [2.05, 4.69) is 4.74 Å². The number of hydrogen-bond acceptors (Lipinski definition) is 4. The average molecular weight is 130 g/mol. The standard InChI is InChI=1S/C5H6O4/c6-3-1-2-5(8)9-4-7/h3-4H,1-2H2. The van der Waals surface area contributed by atoms with E-state index in [1.165, 1.54) is 0 Å². The Morgan fingerprint density at radius 2 is 2.11 bits per heavy atom. The quantitative estimate of drug-likeness (QED) is 0.297. The summed E-state index contributed by atoms with van der Waals surface area (Å²) >= 11 is 0. The van der Waals surface area contributed by atoms with E-state index in [-0.39, 0.29) is 19.3 Å². The van der Waals surface area contributed by atoms with E-state index in [1.807, 2.05) is 0 Å². The molecule has 0 amide bonds. The van der Waals surface area contributed by atoms with Crippen molar-refractivity contribution in [3.63, 3.8) is 0 Å². The molecule has 9 heavy (non-hydrogen) atoms. The van der Waals surface area contributed by atoms with Crippen LogP contribution in [0.5, 0.6) is 0 Å². The molecule has 0 N–H and O–H groups in total. The molecule has 4 nitrogen and oxygen atoms in total. The van der Waals surface area contributed by atoms with E-state index in [1.54, 1.807) is 0 Å². The topological polar surface area (TPSA) is 60.4 Å². The van der Waals surface area contributed by atoms with Crippen LogP contribution in [0.3, 0.4) is 0 Å². The van der Waals surface area contributed by atoms with Gasteiger partial charge in [-0.1, -0.05) is 0 Å². The van der Waals surface area contributed by atoms with Crippen LogP contribution < -0.4 is 0 Å². The fourth-order valence-corrected chi connectivity index (χ4v) is 0.289. The molecule has 0 bridgehead atoms. The van der Waals surface area contributed by atoms with E-state index in [0.717, 1.165) is 0 Å². The zero-order chi connectivity index (χ0) is 7.11. The molecule has 0 saturated carbocycles. The van der Waals surface area contributed by atoms with Gasteiger partial charge in [0.1, 0.15) is 6.29 Å². The highest BCUT2D eigenvalue weighted by Gasteiger charge is 1.98. The van der Waals surface area contributed by atoms with Crippen LogP contribution in [0.4, 0.5) is 0 Å². The first-order valence-corrected chi connectivity index (χ1v) is 2.38. The number of rotatable bonds is 4. The van der Waals surface area contributed by atoms with Crippen molar-refractivity contribution in [1.29, 1.82) is 0 Å². The molecule has 0 aromatic heterocycles. The Morgan fingerprint density at radius 1 is 1.44 bits per heavy atom. The van der Waals surface area contributed by atoms with Gasteiger partial charge in [-0.05, 0) is 0 Å². The highest BCUT2D eigenvalue weighted by atomic mass is 16.6. The summed E-state index contributed by atoms with van der Waals surface area (Å²) < 4.78 is 3.87. The molecule has 0 aliphatic heterocycles. The summed E-state index contributed by atoms with van der Waals surface area (Å²) in [7, 11) is 0. The van der Waals surface area contributed by atoms with Crippen molar-refractivity contribution in [2.45, 2.75) is 12.8 Å². The lowest BCUT2D eigenvalue weighted by Crippen LogP contribution is -2.01. The highest BCUT2D eigenvalue weighted by molar-refractivity contribution is 5.78. The van der Waals surface area contributed by atoms with Crippen molar-refractivity contribution in [1.82, 2.24) is 0 Å². The smallest absolute Gasteiger partial charge is 0.313 e. The number of carbonyl (C=O) groups excluding carboxylic acids is 3. The highest BCUT2D eigenvalue weighted by Crippen LogP contribution is 1.86. The summed E-state index contributed by atoms with van der Waals surface area (Å²) in [5.74, 6) is -0.669. The number of ether oxygens (including phenoxy) is 1. The first-order chi connectivity index (χ1) is 4.31. The van der Waals surface area contributed by atoms with Gasteiger partial charge in [0.2, 0.25) is 0 Å². The van der Waals surface area contributed by atoms with Crippen molar-refractivity contribution >= 4 is 18.7 Å². The Kier molecular flexibility index (Phi) is 4.30. The summed E-state index contributed by atoms with van der Waals surface area (Å²) in [6, 6.07) is 0. The van der Waals surface area contributed by atoms with Gasteiger partial charge in [0.05, 0.1) is 6.42 Å². The van der Waals surface area contributed by atoms with Crippen LogP contribution in [0.25, 0.3) is 0 Å². The lowest BCUT2D eigenvalue weighted by atomic mass is 10.3. The molecule has 0 radical (unpaired) electrons. The Balaban J connectivity index is 3.26. The average Bonchev–Trinajstić information content (AvgIpc) is 1.85. The second kappa shape index (κ2) is 4.96. The summed E-state index contributed by atoms with van der Waals surface area (Å²) in [5.41, 5.74) is 0. The zero-order valence-corrected chi connectivity index (χ0v) is 4.70. The van der Waals surface area contributed by atoms with Gasteiger partial charge in [-0.15, -0.1) is 0 Å². The van der Waals surface area contributed by atoms with E-state index in [0.29, 0.717) is 6.29 Å². The molecule has 0 aliphatic rings. The van der Waals surface area contributed by atoms with Gasteiger partial charge in [-0.25, -0.2) is 0 Å². The van der Waals surface area contributed by atoms with Crippen LogP contribution in [0.15, 0.2) is 0 Å². The minimum Gasteiger partial charge on any atom is -0.395 e. The van der Waals surface area contributed by atoms with Crippen LogP contribution >= 0.6 is 0 Å². The molecule has 50 valence electrons. The van der Waals surface area contributed by atoms with Gasteiger partial charge in [-0.3, -0.25) is 9.59 Å². The first-order valence-electron chi connectivity index (χ1n) is 2.38. The van der Waals surface area contributed by atoms with Crippen molar-refractivity contribution in [3.8, 4) is 0 Å². The third-order valence-electron chi connectivity index (χ3n) is 0.646. The molecular weight excluding hydrogens is 124 g/mol. The van der Waals surface area contributed by atoms with Crippen molar-refractivity contribution in [2.24, 2.45) is 0 Å². The normalized spacial score (nSPS) is 8.00. The van der Waals surface area contributed by atoms with E-state index < -0.39 is 5.97 Å². The molecule has 0 unspecified atom stereocenters. The number of hydrogen-bond donors (Lipinski definition) is 0. The zero-order valence-electron chi connectivity index (χ0n) is 4.70. The first kappa shape index (κ1) is 7.81. The maximum Gasteiger partial charge on any atom is 0.313 e. The van der Waals surface area contributed by atoms with Gasteiger partial charge in [0, 0.05) is 6.42 Å². The maximum absolute atomic E-state index is 10.2. The van der Waals surface area contributed by atoms with Gasteiger partial charge in [-0.2, -0.15) is 0 Å². The number of aldehydes is 1. The molecule has 0 fully saturated rings. The van der Waals surface area contributed by atoms with Gasteiger partial charge in [0.15, 0.2) is 0 Å². The largest absolute Gasteiger partial charge is 0.395 e. The maximum atomic E-state index is 10.2. The monoisotopic (exact) mass is 130 g/mol. The molecule has 4 heteroatoms. The van der Waals surface area contributed by atoms with E-state index in [4.69, 9.17) is 0 Å². The van der Waals surface area contributed by atoms with E-state index in [9.17, 15) is 14.4 Å². The molecule has 0 rings (SSSR count). The van der Waals surface area contributed by atoms with Crippen molar-refractivity contribution in [3.05, 3.63) is 0 Å². The van der Waals surface area contributed by atoms with Crippen molar-refractivity contribution in [2.75, 3.05) is 0 Å². The molecule has 0 aliphatic carbocycles. The molecule has 0 heterocycles. The van der Waals surface area contributed by atoms with Crippen LogP contribution in [0.2, 0.25) is 0 Å². The lowest BCUT2D eigenvalue weighted by molar-refractivity contribution is -0.151. The minimum absolute atomic E-state index is 0.0256. The summed E-state index contributed by atoms with van der Waals surface area (Å²) in [4.78, 5) is 29.3. The summed E-state index contributed by atoms with van der Waals surface area (Å²) in [5, 5.41) is 0. The SMILES string of the molecule is O=CCCC(=O)OC=O. The van der Waals surface area contributed by atoms with Crippen LogP contribution in [-0.2, 0) is 19.1 Å². The molecule has 0 saturated heterocycles. The lowest BCUT2D eigenvalue weighted by Gasteiger charge is -1.89. The fraction of sp³-hybridized carbons (Fsp3) is 0.400. The van der Waals surface area contributed by atoms with Crippen LogP contribution in [0, 0.1) is 0 Å². The molecule has 0 spiro atoms. The second-order valence-electron chi connectivity index (χ2n) is 1.29. The molecular formula is C5H6O4. The summed E-state index contributed by atoms with van der Waals surface area (Å²) in [6.07, 6.45) is 0.668. The Hall–Kier alpha value is -1.19. The van der Waals surface area contributed by atoms with Crippen LogP contribution in [0.1, 0.15) is 12.8 Å². The number of carbonyl (C=O) groups is 3. The molecule has 0 aromatic carbocycles. The predicted octanol–water partition coefficient (Wildman–Crippen LogP) is -0.335. The Labute approximate surface area is 51.8 Å². The van der Waals surface area contributed by atoms with Gasteiger partial charge < -0.3 is 9.53 Å². The van der Waals surface area contributed by atoms with Crippen LogP contribution in [-0.4, -0.2) is 18.7 Å². The Bertz CT molecular complexity index is 118. The van der Waals surface area contributed by atoms with Gasteiger partial charge in [0.25, 0.3) is 0 Å². The van der Waals surface area contributed by atoms with Gasteiger partial charge >= 0.3 is 12.4 Å². The summed E-state index contributed by atoms with van der Waals surface area (Å²) in [6.45, 7) is 0.0487. The number of esters is 1. The molecule has 0 aromatic rings. The predicted molar refractivity (Wildman–Crippen MR) is 27.5 cm³/mol. The van der Waals surface area contributed by atoms with E-state index >= 15 is 0 Å². The third kappa shape index (κ3) is 4.67. The second-order valence-corrected chi connectivity index (χ2v) is 1.29. The third-order valence-corrected chi connectivity index (χ3v) is 0.646. The van der Waals surface area contributed by atoms with Crippen molar-refractivity contribution < 1.29 is 19.1 Å². The Morgan fingerprint density at radius 3 is 2.56 bits per heavy atom. The minimum atomic E-state index is -0.669. The molecule has 0 atom stereocenters. The fourth-order valence-electron chi connectivity index (χ4n) is 0.289.